The van der Waals surface area contributed by atoms with Gasteiger partial charge in [-0.15, -0.1) is 0 Å². The third-order valence-corrected chi connectivity index (χ3v) is 5.23. The van der Waals surface area contributed by atoms with Gasteiger partial charge >= 0.3 is 0 Å². The summed E-state index contributed by atoms with van der Waals surface area (Å²) in [4.78, 5) is 26.8. The van der Waals surface area contributed by atoms with Crippen LogP contribution in [0.3, 0.4) is 0 Å². The van der Waals surface area contributed by atoms with Gasteiger partial charge in [-0.1, -0.05) is 48.5 Å². The minimum absolute atomic E-state index is 0.105. The van der Waals surface area contributed by atoms with Gasteiger partial charge in [0.2, 0.25) is 11.8 Å². The van der Waals surface area contributed by atoms with Gasteiger partial charge < -0.3 is 15.0 Å². The second kappa shape index (κ2) is 8.88. The fraction of sp³-hybridized carbons (Fsp3) is 0.154. The minimum Gasteiger partial charge on any atom is -0.455 e. The first-order chi connectivity index (χ1) is 15.0. The molecule has 0 radical (unpaired) electrons. The van der Waals surface area contributed by atoms with E-state index in [4.69, 9.17) is 4.74 Å². The van der Waals surface area contributed by atoms with E-state index in [-0.39, 0.29) is 24.3 Å². The highest BCUT2D eigenvalue weighted by molar-refractivity contribution is 5.93. The van der Waals surface area contributed by atoms with E-state index in [1.807, 2.05) is 79.7 Å². The Morgan fingerprint density at radius 2 is 1.77 bits per heavy atom. The zero-order chi connectivity index (χ0) is 21.8. The maximum atomic E-state index is 13.0. The molecule has 1 aliphatic rings. The van der Waals surface area contributed by atoms with Crippen molar-refractivity contribution in [3.63, 3.8) is 0 Å². The predicted molar refractivity (Wildman–Crippen MR) is 122 cm³/mol. The second-order valence-corrected chi connectivity index (χ2v) is 7.55. The van der Waals surface area contributed by atoms with Crippen LogP contribution in [0.2, 0.25) is 0 Å². The Kier molecular flexibility index (Phi) is 5.85. The lowest BCUT2D eigenvalue weighted by atomic mass is 9.93. The Balaban J connectivity index is 1.54. The molecule has 156 valence electrons. The van der Waals surface area contributed by atoms with Crippen LogP contribution in [0.25, 0.3) is 6.08 Å². The number of aryl methyl sites for hydroxylation is 1. The number of nitrogens with zero attached hydrogens (tertiary/aromatic N) is 1. The Morgan fingerprint density at radius 1 is 1.00 bits per heavy atom. The Bertz CT molecular complexity index is 1150. The molecule has 1 N–H and O–H groups in total. The number of hydrogen-bond acceptors (Lipinski definition) is 3. The van der Waals surface area contributed by atoms with Crippen molar-refractivity contribution in [3.8, 4) is 11.5 Å². The van der Waals surface area contributed by atoms with Crippen LogP contribution < -0.4 is 10.1 Å². The molecule has 0 bridgehead atoms. The number of para-hydroxylation sites is 2. The lowest BCUT2D eigenvalue weighted by molar-refractivity contribution is -0.129. The summed E-state index contributed by atoms with van der Waals surface area (Å²) in [7, 11) is 0. The molecule has 0 saturated carbocycles. The molecular weight excluding hydrogens is 388 g/mol. The van der Waals surface area contributed by atoms with Crippen molar-refractivity contribution in [1.82, 2.24) is 4.90 Å². The zero-order valence-electron chi connectivity index (χ0n) is 17.5. The summed E-state index contributed by atoms with van der Waals surface area (Å²) in [6, 6.07) is 22.5. The average Bonchev–Trinajstić information content (AvgIpc) is 2.75. The third-order valence-electron chi connectivity index (χ3n) is 5.23. The van der Waals surface area contributed by atoms with Crippen LogP contribution in [0.15, 0.2) is 79.0 Å². The van der Waals surface area contributed by atoms with E-state index in [0.29, 0.717) is 17.2 Å². The van der Waals surface area contributed by atoms with Gasteiger partial charge in [-0.2, -0.15) is 0 Å². The van der Waals surface area contributed by atoms with Crippen molar-refractivity contribution in [2.75, 3.05) is 5.32 Å². The molecule has 1 heterocycles. The molecule has 1 atom stereocenters. The summed E-state index contributed by atoms with van der Waals surface area (Å²) in [5.41, 5.74) is 3.65. The van der Waals surface area contributed by atoms with Crippen LogP contribution in [0, 0.1) is 6.92 Å². The number of amides is 2. The standard InChI is InChI=1S/C26H24N2O3/c1-18-8-7-10-21(16-18)31-25-13-6-5-12-23(25)27-26(30)17-24-22-11-4-3-9-20(22)14-15-28(24)19(2)29/h3-16,24H,17H2,1-2H3,(H,27,30)/t24-/m1/s1. The summed E-state index contributed by atoms with van der Waals surface area (Å²) in [6.07, 6.45) is 3.78. The summed E-state index contributed by atoms with van der Waals surface area (Å²) >= 11 is 0. The van der Waals surface area contributed by atoms with E-state index in [2.05, 4.69) is 5.32 Å². The monoisotopic (exact) mass is 412 g/mol. The molecule has 1 aliphatic heterocycles. The summed E-state index contributed by atoms with van der Waals surface area (Å²) in [5, 5.41) is 2.96. The van der Waals surface area contributed by atoms with Crippen LogP contribution in [0.4, 0.5) is 5.69 Å². The zero-order valence-corrected chi connectivity index (χ0v) is 17.5. The third kappa shape index (κ3) is 4.67. The number of carbonyl (C=O) groups is 2. The first-order valence-electron chi connectivity index (χ1n) is 10.2. The van der Waals surface area contributed by atoms with Crippen molar-refractivity contribution in [3.05, 3.63) is 95.7 Å². The molecule has 3 aromatic carbocycles. The number of nitrogens with one attached hydrogen (secondary N) is 1. The molecule has 0 unspecified atom stereocenters. The highest BCUT2D eigenvalue weighted by Gasteiger charge is 2.28. The minimum atomic E-state index is -0.358. The molecule has 0 aromatic heterocycles. The highest BCUT2D eigenvalue weighted by atomic mass is 16.5. The van der Waals surface area contributed by atoms with E-state index in [1.54, 1.807) is 17.2 Å². The number of anilines is 1. The Labute approximate surface area is 182 Å². The van der Waals surface area contributed by atoms with E-state index in [0.717, 1.165) is 16.7 Å². The number of hydrogen-bond donors (Lipinski definition) is 1. The molecule has 5 heteroatoms. The first-order valence-corrected chi connectivity index (χ1v) is 10.2. The van der Waals surface area contributed by atoms with Gasteiger partial charge in [-0.05, 0) is 54.0 Å². The van der Waals surface area contributed by atoms with E-state index < -0.39 is 0 Å². The van der Waals surface area contributed by atoms with Crippen molar-refractivity contribution in [2.24, 2.45) is 0 Å². The van der Waals surface area contributed by atoms with Crippen LogP contribution in [0.5, 0.6) is 11.5 Å². The van der Waals surface area contributed by atoms with Gasteiger partial charge in [-0.25, -0.2) is 0 Å². The largest absolute Gasteiger partial charge is 0.455 e. The van der Waals surface area contributed by atoms with E-state index in [1.165, 1.54) is 6.92 Å². The number of benzene rings is 3. The van der Waals surface area contributed by atoms with Gasteiger partial charge in [0.15, 0.2) is 5.75 Å². The van der Waals surface area contributed by atoms with Gasteiger partial charge in [0.05, 0.1) is 18.2 Å². The maximum absolute atomic E-state index is 13.0. The number of ether oxygens (including phenoxy) is 1. The fourth-order valence-electron chi connectivity index (χ4n) is 3.75. The lowest BCUT2D eigenvalue weighted by Crippen LogP contribution is -2.33. The van der Waals surface area contributed by atoms with Crippen LogP contribution in [-0.4, -0.2) is 16.7 Å². The summed E-state index contributed by atoms with van der Waals surface area (Å²) in [5.74, 6) is 0.970. The van der Waals surface area contributed by atoms with Crippen LogP contribution >= 0.6 is 0 Å². The molecule has 0 saturated heterocycles. The van der Waals surface area contributed by atoms with Crippen LogP contribution in [-0.2, 0) is 9.59 Å². The highest BCUT2D eigenvalue weighted by Crippen LogP contribution is 2.34. The number of carbonyl (C=O) groups excluding carboxylic acids is 2. The van der Waals surface area contributed by atoms with Crippen LogP contribution in [0.1, 0.15) is 36.1 Å². The van der Waals surface area contributed by atoms with E-state index in [9.17, 15) is 9.59 Å². The van der Waals surface area contributed by atoms with Gasteiger partial charge in [0.25, 0.3) is 0 Å². The molecule has 0 aliphatic carbocycles. The predicted octanol–water partition coefficient (Wildman–Crippen LogP) is 5.69. The van der Waals surface area contributed by atoms with Crippen molar-refractivity contribution in [2.45, 2.75) is 26.3 Å². The Morgan fingerprint density at radius 3 is 2.58 bits per heavy atom. The summed E-state index contributed by atoms with van der Waals surface area (Å²) < 4.78 is 6.01. The number of fused-ring (bicyclic) bond motifs is 1. The van der Waals surface area contributed by atoms with Crippen molar-refractivity contribution in [1.29, 1.82) is 0 Å². The molecular formula is C26H24N2O3. The van der Waals surface area contributed by atoms with Crippen molar-refractivity contribution < 1.29 is 14.3 Å². The smallest absolute Gasteiger partial charge is 0.226 e. The Hall–Kier alpha value is -3.86. The normalized spacial score (nSPS) is 14.6. The first kappa shape index (κ1) is 20.4. The SMILES string of the molecule is CC(=O)N1C=Cc2ccccc2[C@H]1CC(=O)Nc1ccccc1Oc1cccc(C)c1. The molecule has 3 aromatic rings. The van der Waals surface area contributed by atoms with Gasteiger partial charge in [0.1, 0.15) is 5.75 Å². The maximum Gasteiger partial charge on any atom is 0.226 e. The average molecular weight is 412 g/mol. The molecule has 2 amide bonds. The van der Waals surface area contributed by atoms with Gasteiger partial charge in [0, 0.05) is 13.1 Å². The quantitative estimate of drug-likeness (QED) is 0.586. The molecule has 4 rings (SSSR count). The molecule has 31 heavy (non-hydrogen) atoms. The number of rotatable bonds is 5. The summed E-state index contributed by atoms with van der Waals surface area (Å²) in [6.45, 7) is 3.51. The van der Waals surface area contributed by atoms with E-state index >= 15 is 0 Å². The van der Waals surface area contributed by atoms with Gasteiger partial charge in [-0.3, -0.25) is 9.59 Å². The lowest BCUT2D eigenvalue weighted by Gasteiger charge is -2.32. The van der Waals surface area contributed by atoms with Crippen molar-refractivity contribution >= 4 is 23.6 Å². The molecule has 5 nitrogen and oxygen atoms in total. The second-order valence-electron chi connectivity index (χ2n) is 7.55. The molecule has 0 spiro atoms. The molecule has 0 fully saturated rings. The topological polar surface area (TPSA) is 58.6 Å². The fourth-order valence-corrected chi connectivity index (χ4v) is 3.75.